The summed E-state index contributed by atoms with van der Waals surface area (Å²) < 4.78 is 0. The van der Waals surface area contributed by atoms with E-state index in [-0.39, 0.29) is 6.54 Å². The second-order valence-electron chi connectivity index (χ2n) is 4.71. The summed E-state index contributed by atoms with van der Waals surface area (Å²) in [5, 5.41) is 49.2. The summed E-state index contributed by atoms with van der Waals surface area (Å²) in [4.78, 5) is 0. The fourth-order valence-corrected chi connectivity index (χ4v) is 1.68. The summed E-state index contributed by atoms with van der Waals surface area (Å²) in [7, 11) is 0. The average Bonchev–Trinajstić information content (AvgIpc) is 2.43. The normalized spacial score (nSPS) is 18.0. The van der Waals surface area contributed by atoms with E-state index >= 15 is 0 Å². The van der Waals surface area contributed by atoms with Crippen molar-refractivity contribution in [2.45, 2.75) is 50.1 Å². The van der Waals surface area contributed by atoms with Gasteiger partial charge in [0.1, 0.15) is 18.3 Å². The molecule has 7 heteroatoms. The van der Waals surface area contributed by atoms with Gasteiger partial charge < -0.3 is 36.6 Å². The van der Waals surface area contributed by atoms with Crippen molar-refractivity contribution < 1.29 is 25.5 Å². The van der Waals surface area contributed by atoms with Crippen molar-refractivity contribution >= 4 is 0 Å². The summed E-state index contributed by atoms with van der Waals surface area (Å²) in [6.45, 7) is 0.850. The Morgan fingerprint density at radius 1 is 0.842 bits per heavy atom. The Kier molecular flexibility index (Phi) is 11.4. The van der Waals surface area contributed by atoms with Gasteiger partial charge in [0.2, 0.25) is 0 Å². The van der Waals surface area contributed by atoms with Gasteiger partial charge in [-0.2, -0.15) is 0 Å². The molecule has 0 aromatic rings. The molecule has 0 heterocycles. The van der Waals surface area contributed by atoms with Crippen molar-refractivity contribution in [3.8, 4) is 0 Å². The molecule has 0 aliphatic carbocycles. The van der Waals surface area contributed by atoms with E-state index in [0.717, 1.165) is 25.7 Å². The molecule has 0 rings (SSSR count). The minimum atomic E-state index is -1.56. The van der Waals surface area contributed by atoms with Gasteiger partial charge in [-0.1, -0.05) is 12.8 Å². The van der Waals surface area contributed by atoms with Crippen LogP contribution in [0.5, 0.6) is 0 Å². The summed E-state index contributed by atoms with van der Waals surface area (Å²) >= 11 is 0. The molecule has 0 aliphatic heterocycles. The van der Waals surface area contributed by atoms with Gasteiger partial charge >= 0.3 is 0 Å². The van der Waals surface area contributed by atoms with E-state index in [0.29, 0.717) is 13.1 Å². The van der Waals surface area contributed by atoms with Gasteiger partial charge in [0.25, 0.3) is 0 Å². The minimum absolute atomic E-state index is 0.118. The summed E-state index contributed by atoms with van der Waals surface area (Å²) in [6.07, 6.45) is -1.63. The van der Waals surface area contributed by atoms with Crippen molar-refractivity contribution in [3.05, 3.63) is 0 Å². The highest BCUT2D eigenvalue weighted by atomic mass is 16.4. The monoisotopic (exact) mass is 280 g/mol. The van der Waals surface area contributed by atoms with Crippen LogP contribution in [0.4, 0.5) is 0 Å². The Bertz CT molecular complexity index is 209. The highest BCUT2D eigenvalue weighted by molar-refractivity contribution is 4.81. The van der Waals surface area contributed by atoms with E-state index in [1.807, 2.05) is 0 Å². The van der Waals surface area contributed by atoms with Gasteiger partial charge in [0.15, 0.2) is 0 Å². The first-order valence-corrected chi connectivity index (χ1v) is 6.78. The molecule has 0 amide bonds. The maximum atomic E-state index is 9.59. The van der Waals surface area contributed by atoms with Crippen LogP contribution in [0, 0.1) is 0 Å². The van der Waals surface area contributed by atoms with Crippen LogP contribution >= 0.6 is 0 Å². The highest BCUT2D eigenvalue weighted by Crippen LogP contribution is 2.04. The summed E-state index contributed by atoms with van der Waals surface area (Å²) in [6, 6.07) is 0. The molecule has 0 aliphatic rings. The third kappa shape index (κ3) is 8.48. The van der Waals surface area contributed by atoms with Crippen LogP contribution < -0.4 is 11.1 Å². The Hall–Kier alpha value is -0.280. The van der Waals surface area contributed by atoms with Crippen molar-refractivity contribution in [1.29, 1.82) is 0 Å². The van der Waals surface area contributed by atoms with Crippen LogP contribution in [0.15, 0.2) is 0 Å². The number of nitrogens with one attached hydrogen (secondary N) is 1. The number of aliphatic hydroxyl groups is 5. The van der Waals surface area contributed by atoms with Crippen molar-refractivity contribution in [3.63, 3.8) is 0 Å². The van der Waals surface area contributed by atoms with E-state index in [1.54, 1.807) is 0 Å². The van der Waals surface area contributed by atoms with Crippen LogP contribution in [-0.4, -0.2) is 76.2 Å². The molecule has 0 radical (unpaired) electrons. The first-order valence-electron chi connectivity index (χ1n) is 6.78. The standard InChI is InChI=1S/C12H28N2O5/c13-5-3-1-2-4-6-14-7-9(16)11(18)12(19)10(17)8-15/h9-12,14-19H,1-8,13H2/t9-,10+,11+,12-/m0/s1. The second-order valence-corrected chi connectivity index (χ2v) is 4.71. The van der Waals surface area contributed by atoms with Gasteiger partial charge in [-0.3, -0.25) is 0 Å². The second kappa shape index (κ2) is 11.5. The van der Waals surface area contributed by atoms with Crippen molar-refractivity contribution in [2.75, 3.05) is 26.2 Å². The lowest BCUT2D eigenvalue weighted by molar-refractivity contribution is -0.113. The highest BCUT2D eigenvalue weighted by Gasteiger charge is 2.29. The fourth-order valence-electron chi connectivity index (χ4n) is 1.68. The predicted octanol–water partition coefficient (Wildman–Crippen LogP) is -2.47. The quantitative estimate of drug-likeness (QED) is 0.197. The van der Waals surface area contributed by atoms with Crippen molar-refractivity contribution in [2.24, 2.45) is 5.73 Å². The molecule has 19 heavy (non-hydrogen) atoms. The predicted molar refractivity (Wildman–Crippen MR) is 71.5 cm³/mol. The number of aliphatic hydroxyl groups excluding tert-OH is 5. The zero-order valence-electron chi connectivity index (χ0n) is 11.3. The molecule has 116 valence electrons. The lowest BCUT2D eigenvalue weighted by Crippen LogP contribution is -2.49. The van der Waals surface area contributed by atoms with Crippen LogP contribution in [0.1, 0.15) is 25.7 Å². The molecule has 0 aromatic heterocycles. The topological polar surface area (TPSA) is 139 Å². The van der Waals surface area contributed by atoms with Crippen LogP contribution in [0.25, 0.3) is 0 Å². The third-order valence-corrected chi connectivity index (χ3v) is 2.99. The number of rotatable bonds is 12. The molecule has 0 bridgehead atoms. The number of hydrogen-bond donors (Lipinski definition) is 7. The molecule has 0 saturated heterocycles. The van der Waals surface area contributed by atoms with Crippen LogP contribution in [0.2, 0.25) is 0 Å². The maximum Gasteiger partial charge on any atom is 0.111 e. The molecule has 8 N–H and O–H groups in total. The molecule has 0 fully saturated rings. The molecule has 7 nitrogen and oxygen atoms in total. The van der Waals surface area contributed by atoms with Crippen LogP contribution in [-0.2, 0) is 0 Å². The smallest absolute Gasteiger partial charge is 0.111 e. The van der Waals surface area contributed by atoms with Gasteiger partial charge in [-0.25, -0.2) is 0 Å². The largest absolute Gasteiger partial charge is 0.394 e. The maximum absolute atomic E-state index is 9.59. The molecule has 0 unspecified atom stereocenters. The zero-order valence-corrected chi connectivity index (χ0v) is 11.3. The summed E-state index contributed by atoms with van der Waals surface area (Å²) in [5.41, 5.74) is 5.37. The Labute approximate surface area is 114 Å². The van der Waals surface area contributed by atoms with E-state index < -0.39 is 31.0 Å². The average molecular weight is 280 g/mol. The third-order valence-electron chi connectivity index (χ3n) is 2.99. The number of nitrogens with two attached hydrogens (primary N) is 1. The number of hydrogen-bond acceptors (Lipinski definition) is 7. The molecule has 0 spiro atoms. The zero-order chi connectivity index (χ0) is 14.7. The van der Waals surface area contributed by atoms with E-state index in [2.05, 4.69) is 5.32 Å². The Morgan fingerprint density at radius 3 is 2.00 bits per heavy atom. The van der Waals surface area contributed by atoms with E-state index in [1.165, 1.54) is 0 Å². The lowest BCUT2D eigenvalue weighted by Gasteiger charge is -2.25. The van der Waals surface area contributed by atoms with E-state index in [4.69, 9.17) is 15.9 Å². The molecule has 4 atom stereocenters. The minimum Gasteiger partial charge on any atom is -0.394 e. The van der Waals surface area contributed by atoms with E-state index in [9.17, 15) is 15.3 Å². The molecule has 0 aromatic carbocycles. The number of unbranched alkanes of at least 4 members (excludes halogenated alkanes) is 3. The van der Waals surface area contributed by atoms with Gasteiger partial charge in [0, 0.05) is 6.54 Å². The van der Waals surface area contributed by atoms with Gasteiger partial charge in [-0.15, -0.1) is 0 Å². The molecular weight excluding hydrogens is 252 g/mol. The fraction of sp³-hybridized carbons (Fsp3) is 1.00. The van der Waals surface area contributed by atoms with Crippen molar-refractivity contribution in [1.82, 2.24) is 5.32 Å². The molecule has 0 saturated carbocycles. The Balaban J connectivity index is 3.64. The first kappa shape index (κ1) is 18.7. The molecular formula is C12H28N2O5. The van der Waals surface area contributed by atoms with Crippen LogP contribution in [0.3, 0.4) is 0 Å². The Morgan fingerprint density at radius 2 is 1.42 bits per heavy atom. The lowest BCUT2D eigenvalue weighted by atomic mass is 10.0. The van der Waals surface area contributed by atoms with Gasteiger partial charge in [0.05, 0.1) is 12.7 Å². The summed E-state index contributed by atoms with van der Waals surface area (Å²) in [5.74, 6) is 0. The van der Waals surface area contributed by atoms with Gasteiger partial charge in [-0.05, 0) is 25.9 Å². The first-order chi connectivity index (χ1) is 9.04. The SMILES string of the molecule is NCCCCCCNC[C@H](O)[C@@H](O)[C@@H](O)[C@H](O)CO.